The molecule has 0 spiro atoms. The molecule has 10 nitrogen and oxygen atoms in total. The maximum Gasteiger partial charge on any atom is 0.290 e. The summed E-state index contributed by atoms with van der Waals surface area (Å²) < 4.78 is 1.89. The van der Waals surface area contributed by atoms with E-state index in [-0.39, 0.29) is 17.8 Å². The molecule has 1 aliphatic heterocycles. The Labute approximate surface area is 228 Å². The van der Waals surface area contributed by atoms with Crippen molar-refractivity contribution in [3.63, 3.8) is 0 Å². The fourth-order valence-electron chi connectivity index (χ4n) is 5.27. The van der Waals surface area contributed by atoms with E-state index in [1.165, 1.54) is 34.4 Å². The summed E-state index contributed by atoms with van der Waals surface area (Å²) >= 11 is 1.19. The number of amides is 1. The van der Waals surface area contributed by atoms with Gasteiger partial charge in [0.05, 0.1) is 32.4 Å². The van der Waals surface area contributed by atoms with Crippen LogP contribution in [0, 0.1) is 17.0 Å². The summed E-state index contributed by atoms with van der Waals surface area (Å²) in [4.78, 5) is 47.7. The Kier molecular flexibility index (Phi) is 7.19. The molecule has 202 valence electrons. The number of para-hydroxylation sites is 2. The molecule has 1 unspecified atom stereocenters. The molecule has 11 heteroatoms. The third-order valence-corrected chi connectivity index (χ3v) is 8.45. The number of imidazole rings is 1. The number of carbonyl (C=O) groups is 2. The lowest BCUT2D eigenvalue weighted by atomic mass is 9.94. The maximum atomic E-state index is 14.1. The van der Waals surface area contributed by atoms with Crippen molar-refractivity contribution < 1.29 is 19.6 Å². The van der Waals surface area contributed by atoms with Gasteiger partial charge in [-0.2, -0.15) is 0 Å². The molecule has 3 heterocycles. The topological polar surface area (TPSA) is 121 Å². The molecular weight excluding hydrogens is 518 g/mol. The normalized spacial score (nSPS) is 15.8. The zero-order valence-corrected chi connectivity index (χ0v) is 22.8. The molecule has 5 rings (SSSR count). The second-order valence-corrected chi connectivity index (χ2v) is 10.4. The number of aliphatic hydroxyl groups excluding tert-OH is 1. The summed E-state index contributed by atoms with van der Waals surface area (Å²) in [6.45, 7) is 8.66. The van der Waals surface area contributed by atoms with E-state index in [2.05, 4.69) is 23.7 Å². The van der Waals surface area contributed by atoms with Gasteiger partial charge in [-0.1, -0.05) is 49.4 Å². The Morgan fingerprint density at radius 1 is 1.18 bits per heavy atom. The molecule has 1 amide bonds. The van der Waals surface area contributed by atoms with Gasteiger partial charge in [0.15, 0.2) is 10.7 Å². The number of carbonyl (C=O) groups excluding carboxylic acids is 2. The van der Waals surface area contributed by atoms with Gasteiger partial charge < -0.3 is 14.9 Å². The second-order valence-electron chi connectivity index (χ2n) is 9.46. The lowest BCUT2D eigenvalue weighted by molar-refractivity contribution is -0.384. The minimum atomic E-state index is -0.952. The van der Waals surface area contributed by atoms with Crippen LogP contribution in [0.15, 0.2) is 59.9 Å². The van der Waals surface area contributed by atoms with E-state index in [1.54, 1.807) is 6.07 Å². The summed E-state index contributed by atoms with van der Waals surface area (Å²) in [6.07, 6.45) is 0.617. The number of thiazole rings is 1. The highest BCUT2D eigenvalue weighted by Gasteiger charge is 2.44. The molecule has 0 fully saturated rings. The van der Waals surface area contributed by atoms with Crippen LogP contribution in [0.25, 0.3) is 16.0 Å². The van der Waals surface area contributed by atoms with Crippen molar-refractivity contribution in [2.45, 2.75) is 33.2 Å². The van der Waals surface area contributed by atoms with Crippen molar-refractivity contribution in [2.75, 3.05) is 26.2 Å². The number of aliphatic hydroxyl groups is 1. The minimum Gasteiger partial charge on any atom is -0.503 e. The third-order valence-electron chi connectivity index (χ3n) is 7.31. The molecule has 2 aromatic heterocycles. The summed E-state index contributed by atoms with van der Waals surface area (Å²) in [5, 5.41) is 22.6. The summed E-state index contributed by atoms with van der Waals surface area (Å²) in [7, 11) is 0. The van der Waals surface area contributed by atoms with Gasteiger partial charge in [-0.05, 0) is 50.7 Å². The lowest BCUT2D eigenvalue weighted by Gasteiger charge is -2.28. The van der Waals surface area contributed by atoms with Gasteiger partial charge in [-0.15, -0.1) is 0 Å². The number of aryl methyl sites for hydroxylation is 1. The SMILES string of the molecule is CCN(CC)CCCN1C(=O)C(O)=C(C(=O)c2sc3nc4ccccc4n3c2C)C1c1cccc([N+](=O)[O-])c1. The van der Waals surface area contributed by atoms with Crippen molar-refractivity contribution in [3.05, 3.63) is 86.1 Å². The predicted molar refractivity (Wildman–Crippen MR) is 149 cm³/mol. The molecule has 4 aromatic rings. The number of fused-ring (bicyclic) bond motifs is 3. The molecule has 0 bridgehead atoms. The first kappa shape index (κ1) is 26.5. The van der Waals surface area contributed by atoms with Crippen LogP contribution in [0.2, 0.25) is 0 Å². The van der Waals surface area contributed by atoms with E-state index < -0.39 is 28.4 Å². The van der Waals surface area contributed by atoms with Crippen molar-refractivity contribution in [1.82, 2.24) is 19.2 Å². The van der Waals surface area contributed by atoms with E-state index in [0.717, 1.165) is 30.7 Å². The average Bonchev–Trinajstić information content (AvgIpc) is 3.55. The Hall–Kier alpha value is -4.09. The Bertz CT molecular complexity index is 1630. The van der Waals surface area contributed by atoms with E-state index in [0.29, 0.717) is 27.5 Å². The first-order valence-electron chi connectivity index (χ1n) is 12.9. The van der Waals surface area contributed by atoms with E-state index in [4.69, 9.17) is 0 Å². The van der Waals surface area contributed by atoms with Crippen molar-refractivity contribution in [2.24, 2.45) is 0 Å². The van der Waals surface area contributed by atoms with Crippen LogP contribution in [0.4, 0.5) is 5.69 Å². The molecule has 39 heavy (non-hydrogen) atoms. The molecular formula is C28H29N5O5S. The van der Waals surface area contributed by atoms with Gasteiger partial charge in [0.1, 0.15) is 0 Å². The number of nitrogens with zero attached hydrogens (tertiary/aromatic N) is 5. The number of nitro groups is 1. The molecule has 0 saturated carbocycles. The standard InChI is InChI=1S/C28H29N5O5S/c1-4-30(5-2)14-9-15-31-23(18-10-8-11-19(16-18)33(37)38)22(25(35)27(31)36)24(34)26-17(3)32-21-13-7-6-12-20(21)29-28(32)39-26/h6-8,10-13,16,23,35H,4-5,9,14-15H2,1-3H3. The Morgan fingerprint density at radius 3 is 2.64 bits per heavy atom. The fraction of sp³-hybridized carbons (Fsp3) is 0.321. The smallest absolute Gasteiger partial charge is 0.290 e. The van der Waals surface area contributed by atoms with Gasteiger partial charge in [0, 0.05) is 24.4 Å². The van der Waals surface area contributed by atoms with E-state index in [9.17, 15) is 24.8 Å². The average molecular weight is 548 g/mol. The number of hydrogen-bond acceptors (Lipinski definition) is 8. The number of non-ortho nitro benzene ring substituents is 1. The maximum absolute atomic E-state index is 14.1. The fourth-order valence-corrected chi connectivity index (χ4v) is 6.37. The highest BCUT2D eigenvalue weighted by atomic mass is 32.1. The van der Waals surface area contributed by atoms with Crippen molar-refractivity contribution in [1.29, 1.82) is 0 Å². The summed E-state index contributed by atoms with van der Waals surface area (Å²) in [5.74, 6) is -1.76. The first-order chi connectivity index (χ1) is 18.8. The summed E-state index contributed by atoms with van der Waals surface area (Å²) in [5.41, 5.74) is 2.49. The van der Waals surface area contributed by atoms with Crippen molar-refractivity contribution >= 4 is 44.7 Å². The highest BCUT2D eigenvalue weighted by molar-refractivity contribution is 7.19. The Balaban J connectivity index is 1.57. The number of rotatable bonds is 10. The van der Waals surface area contributed by atoms with Gasteiger partial charge >= 0.3 is 0 Å². The number of ketones is 1. The monoisotopic (exact) mass is 547 g/mol. The number of Topliss-reactive ketones (excluding diaryl/α,β-unsaturated/α-hetero) is 1. The second kappa shape index (κ2) is 10.6. The Morgan fingerprint density at radius 2 is 1.92 bits per heavy atom. The first-order valence-corrected chi connectivity index (χ1v) is 13.7. The largest absolute Gasteiger partial charge is 0.503 e. The zero-order chi connectivity index (χ0) is 27.8. The highest BCUT2D eigenvalue weighted by Crippen LogP contribution is 2.41. The van der Waals surface area contributed by atoms with Gasteiger partial charge in [-0.25, -0.2) is 4.98 Å². The zero-order valence-electron chi connectivity index (χ0n) is 22.0. The molecule has 0 saturated heterocycles. The number of benzene rings is 2. The number of aromatic nitrogens is 2. The van der Waals surface area contributed by atoms with Gasteiger partial charge in [-0.3, -0.25) is 24.1 Å². The van der Waals surface area contributed by atoms with Crippen LogP contribution in [0.3, 0.4) is 0 Å². The van der Waals surface area contributed by atoms with Crippen LogP contribution in [-0.4, -0.2) is 67.1 Å². The summed E-state index contributed by atoms with van der Waals surface area (Å²) in [6, 6.07) is 12.6. The van der Waals surface area contributed by atoms with Crippen molar-refractivity contribution in [3.8, 4) is 0 Å². The van der Waals surface area contributed by atoms with Crippen LogP contribution in [0.1, 0.15) is 47.2 Å². The molecule has 2 aromatic carbocycles. The number of hydrogen-bond donors (Lipinski definition) is 1. The number of nitro benzene ring substituents is 1. The van der Waals surface area contributed by atoms with E-state index in [1.807, 2.05) is 35.6 Å². The van der Waals surface area contributed by atoms with E-state index >= 15 is 0 Å². The molecule has 1 aliphatic rings. The molecule has 0 radical (unpaired) electrons. The van der Waals surface area contributed by atoms with Crippen LogP contribution in [-0.2, 0) is 4.79 Å². The van der Waals surface area contributed by atoms with Crippen LogP contribution < -0.4 is 0 Å². The molecule has 1 N–H and O–H groups in total. The molecule has 1 atom stereocenters. The minimum absolute atomic E-state index is 0.0692. The van der Waals surface area contributed by atoms with Crippen LogP contribution in [0.5, 0.6) is 0 Å². The molecule has 0 aliphatic carbocycles. The quantitative estimate of drug-likeness (QED) is 0.167. The van der Waals surface area contributed by atoms with Gasteiger partial charge in [0.25, 0.3) is 11.6 Å². The lowest BCUT2D eigenvalue weighted by Crippen LogP contribution is -2.34. The van der Waals surface area contributed by atoms with Gasteiger partial charge in [0.2, 0.25) is 5.78 Å². The predicted octanol–water partition coefficient (Wildman–Crippen LogP) is 5.08. The van der Waals surface area contributed by atoms with Crippen LogP contribution >= 0.6 is 11.3 Å². The third kappa shape index (κ3) is 4.57.